The summed E-state index contributed by atoms with van der Waals surface area (Å²) in [6.07, 6.45) is 1.58. The SMILES string of the molecule is Cc1ccc(-c2ccco2)cc1N(C)S(=O)(=O)c1ccc(O)cc1. The van der Waals surface area contributed by atoms with Crippen molar-refractivity contribution in [2.45, 2.75) is 11.8 Å². The normalized spacial score (nSPS) is 11.4. The highest BCUT2D eigenvalue weighted by Gasteiger charge is 2.23. The third kappa shape index (κ3) is 2.88. The number of hydrogen-bond acceptors (Lipinski definition) is 4. The topological polar surface area (TPSA) is 70.8 Å². The largest absolute Gasteiger partial charge is 0.508 e. The van der Waals surface area contributed by atoms with E-state index >= 15 is 0 Å². The number of sulfonamides is 1. The molecule has 1 heterocycles. The highest BCUT2D eigenvalue weighted by atomic mass is 32.2. The first-order valence-corrected chi connectivity index (χ1v) is 8.76. The van der Waals surface area contributed by atoms with Crippen molar-refractivity contribution in [1.29, 1.82) is 0 Å². The molecule has 6 heteroatoms. The predicted octanol–water partition coefficient (Wildman–Crippen LogP) is 3.79. The number of aromatic hydroxyl groups is 1. The molecule has 0 aliphatic carbocycles. The van der Waals surface area contributed by atoms with Gasteiger partial charge in [0.2, 0.25) is 0 Å². The van der Waals surface area contributed by atoms with Crippen molar-refractivity contribution >= 4 is 15.7 Å². The molecule has 124 valence electrons. The summed E-state index contributed by atoms with van der Waals surface area (Å²) in [5.41, 5.74) is 2.19. The van der Waals surface area contributed by atoms with Gasteiger partial charge in [-0.25, -0.2) is 8.42 Å². The van der Waals surface area contributed by atoms with Crippen molar-refractivity contribution in [3.8, 4) is 17.1 Å². The van der Waals surface area contributed by atoms with E-state index in [4.69, 9.17) is 4.42 Å². The van der Waals surface area contributed by atoms with Gasteiger partial charge in [-0.05, 0) is 55.0 Å². The number of hydrogen-bond donors (Lipinski definition) is 1. The number of anilines is 1. The van der Waals surface area contributed by atoms with Crippen LogP contribution in [0.15, 0.2) is 70.2 Å². The Bertz CT molecular complexity index is 945. The molecule has 0 spiro atoms. The van der Waals surface area contributed by atoms with E-state index in [0.717, 1.165) is 11.1 Å². The fraction of sp³-hybridized carbons (Fsp3) is 0.111. The lowest BCUT2D eigenvalue weighted by atomic mass is 10.1. The Morgan fingerprint density at radius 2 is 1.75 bits per heavy atom. The molecule has 0 atom stereocenters. The molecule has 5 nitrogen and oxygen atoms in total. The molecule has 1 aromatic heterocycles. The van der Waals surface area contributed by atoms with Gasteiger partial charge in [0, 0.05) is 12.6 Å². The Labute approximate surface area is 140 Å². The molecule has 0 saturated heterocycles. The lowest BCUT2D eigenvalue weighted by Crippen LogP contribution is -2.27. The summed E-state index contributed by atoms with van der Waals surface area (Å²) in [4.78, 5) is 0.116. The van der Waals surface area contributed by atoms with E-state index in [-0.39, 0.29) is 10.6 Å². The average molecular weight is 343 g/mol. The van der Waals surface area contributed by atoms with Crippen LogP contribution in [0.5, 0.6) is 5.75 Å². The number of phenols is 1. The van der Waals surface area contributed by atoms with Gasteiger partial charge in [-0.2, -0.15) is 0 Å². The van der Waals surface area contributed by atoms with Gasteiger partial charge < -0.3 is 9.52 Å². The van der Waals surface area contributed by atoms with Crippen molar-refractivity contribution in [2.75, 3.05) is 11.4 Å². The quantitative estimate of drug-likeness (QED) is 0.782. The third-order valence-corrected chi connectivity index (χ3v) is 5.63. The molecule has 0 amide bonds. The molecule has 0 aliphatic rings. The summed E-state index contributed by atoms with van der Waals surface area (Å²) in [5, 5.41) is 9.35. The second-order valence-electron chi connectivity index (χ2n) is 5.45. The lowest BCUT2D eigenvalue weighted by molar-refractivity contribution is 0.475. The Hall–Kier alpha value is -2.73. The van der Waals surface area contributed by atoms with Gasteiger partial charge in [0.25, 0.3) is 10.0 Å². The Kier molecular flexibility index (Phi) is 4.07. The first-order valence-electron chi connectivity index (χ1n) is 7.32. The lowest BCUT2D eigenvalue weighted by Gasteiger charge is -2.22. The summed E-state index contributed by atoms with van der Waals surface area (Å²) < 4.78 is 32.2. The van der Waals surface area contributed by atoms with Crippen LogP contribution in [0.25, 0.3) is 11.3 Å². The van der Waals surface area contributed by atoms with Crippen molar-refractivity contribution < 1.29 is 17.9 Å². The van der Waals surface area contributed by atoms with Crippen LogP contribution in [0.4, 0.5) is 5.69 Å². The zero-order valence-electron chi connectivity index (χ0n) is 13.3. The van der Waals surface area contributed by atoms with Crippen LogP contribution in [0.3, 0.4) is 0 Å². The molecule has 0 fully saturated rings. The summed E-state index contributed by atoms with van der Waals surface area (Å²) in [6, 6.07) is 14.6. The van der Waals surface area contributed by atoms with Gasteiger partial charge in [0.15, 0.2) is 0 Å². The van der Waals surface area contributed by atoms with Crippen molar-refractivity contribution in [3.05, 3.63) is 66.4 Å². The van der Waals surface area contributed by atoms with E-state index in [0.29, 0.717) is 11.4 Å². The minimum Gasteiger partial charge on any atom is -0.508 e. The van der Waals surface area contributed by atoms with Crippen molar-refractivity contribution in [3.63, 3.8) is 0 Å². The van der Waals surface area contributed by atoms with Gasteiger partial charge in [0.1, 0.15) is 11.5 Å². The molecule has 0 saturated carbocycles. The van der Waals surface area contributed by atoms with Crippen LogP contribution in [0, 0.1) is 6.92 Å². The van der Waals surface area contributed by atoms with E-state index in [1.54, 1.807) is 18.4 Å². The minimum absolute atomic E-state index is 0.0209. The van der Waals surface area contributed by atoms with E-state index in [9.17, 15) is 13.5 Å². The number of furan rings is 1. The predicted molar refractivity (Wildman–Crippen MR) is 92.6 cm³/mol. The molecular formula is C18H17NO4S. The summed E-state index contributed by atoms with van der Waals surface area (Å²) in [7, 11) is -2.21. The Morgan fingerprint density at radius 1 is 1.04 bits per heavy atom. The molecular weight excluding hydrogens is 326 g/mol. The van der Waals surface area contributed by atoms with E-state index < -0.39 is 10.0 Å². The molecule has 24 heavy (non-hydrogen) atoms. The number of aryl methyl sites for hydroxylation is 1. The fourth-order valence-corrected chi connectivity index (χ4v) is 3.70. The zero-order chi connectivity index (χ0) is 17.3. The minimum atomic E-state index is -3.73. The van der Waals surface area contributed by atoms with Crippen LogP contribution in [-0.4, -0.2) is 20.6 Å². The first kappa shape index (κ1) is 16.1. The molecule has 0 unspecified atom stereocenters. The summed E-state index contributed by atoms with van der Waals surface area (Å²) in [5.74, 6) is 0.694. The number of nitrogens with zero attached hydrogens (tertiary/aromatic N) is 1. The molecule has 0 aliphatic heterocycles. The number of rotatable bonds is 4. The molecule has 0 radical (unpaired) electrons. The summed E-state index contributed by atoms with van der Waals surface area (Å²) in [6.45, 7) is 1.85. The number of phenolic OH excluding ortho intramolecular Hbond substituents is 1. The third-order valence-electron chi connectivity index (χ3n) is 3.85. The van der Waals surface area contributed by atoms with Gasteiger partial charge in [-0.3, -0.25) is 4.31 Å². The van der Waals surface area contributed by atoms with Crippen molar-refractivity contribution in [1.82, 2.24) is 0 Å². The number of benzene rings is 2. The van der Waals surface area contributed by atoms with E-state index in [2.05, 4.69) is 0 Å². The van der Waals surface area contributed by atoms with Crippen LogP contribution >= 0.6 is 0 Å². The van der Waals surface area contributed by atoms with Gasteiger partial charge in [-0.1, -0.05) is 12.1 Å². The first-order chi connectivity index (χ1) is 11.4. The van der Waals surface area contributed by atoms with Gasteiger partial charge in [-0.15, -0.1) is 0 Å². The molecule has 1 N–H and O–H groups in total. The van der Waals surface area contributed by atoms with Crippen LogP contribution in [0.2, 0.25) is 0 Å². The second-order valence-corrected chi connectivity index (χ2v) is 7.41. The maximum Gasteiger partial charge on any atom is 0.264 e. The van der Waals surface area contributed by atoms with Crippen LogP contribution in [-0.2, 0) is 10.0 Å². The smallest absolute Gasteiger partial charge is 0.264 e. The Morgan fingerprint density at radius 3 is 2.38 bits per heavy atom. The highest BCUT2D eigenvalue weighted by molar-refractivity contribution is 7.92. The molecule has 3 rings (SSSR count). The van der Waals surface area contributed by atoms with Gasteiger partial charge in [0.05, 0.1) is 16.8 Å². The zero-order valence-corrected chi connectivity index (χ0v) is 14.1. The monoisotopic (exact) mass is 343 g/mol. The maximum absolute atomic E-state index is 12.8. The highest BCUT2D eigenvalue weighted by Crippen LogP contribution is 2.31. The van der Waals surface area contributed by atoms with Crippen LogP contribution in [0.1, 0.15) is 5.56 Å². The van der Waals surface area contributed by atoms with Crippen LogP contribution < -0.4 is 4.31 Å². The fourth-order valence-electron chi connectivity index (χ4n) is 2.45. The summed E-state index contributed by atoms with van der Waals surface area (Å²) >= 11 is 0. The Balaban J connectivity index is 2.04. The average Bonchev–Trinajstić information content (AvgIpc) is 3.09. The maximum atomic E-state index is 12.8. The molecule has 0 bridgehead atoms. The second kappa shape index (κ2) is 6.05. The molecule has 2 aromatic carbocycles. The van der Waals surface area contributed by atoms with E-state index in [1.807, 2.05) is 25.1 Å². The standard InChI is InChI=1S/C18H17NO4S/c1-13-5-6-14(18-4-3-11-23-18)12-17(13)19(2)24(21,22)16-9-7-15(20)8-10-16/h3-12,20H,1-2H3. The van der Waals surface area contributed by atoms with Gasteiger partial charge >= 0.3 is 0 Å². The van der Waals surface area contributed by atoms with Crippen molar-refractivity contribution in [2.24, 2.45) is 0 Å². The molecule has 3 aromatic rings. The van der Waals surface area contributed by atoms with E-state index in [1.165, 1.54) is 35.6 Å².